The van der Waals surface area contributed by atoms with Crippen LogP contribution in [0.25, 0.3) is 85.9 Å². The van der Waals surface area contributed by atoms with Crippen LogP contribution >= 0.6 is 11.3 Å². The minimum absolute atomic E-state index is 0.538. The van der Waals surface area contributed by atoms with E-state index in [1.165, 1.54) is 80.7 Å². The van der Waals surface area contributed by atoms with Gasteiger partial charge in [0.25, 0.3) is 0 Å². The van der Waals surface area contributed by atoms with Crippen LogP contribution in [0.3, 0.4) is 0 Å². The molecule has 1 aromatic heterocycles. The summed E-state index contributed by atoms with van der Waals surface area (Å²) in [5.74, 6) is 0. The first-order chi connectivity index (χ1) is 22.1. The minimum Gasteiger partial charge on any atom is -0.135 e. The van der Waals surface area contributed by atoms with Crippen molar-refractivity contribution in [2.75, 3.05) is 0 Å². The highest BCUT2D eigenvalue weighted by Gasteiger charge is 2.17. The van der Waals surface area contributed by atoms with E-state index in [2.05, 4.69) is 140 Å². The largest absolute Gasteiger partial charge is 0.135 e. The molecule has 0 unspecified atom stereocenters. The second kappa shape index (κ2) is 9.91. The number of fused-ring (bicyclic) bond motifs is 6. The summed E-state index contributed by atoms with van der Waals surface area (Å²) < 4.78 is 10.7. The molecule has 0 aliphatic rings. The molecule has 1 heteroatoms. The van der Waals surface area contributed by atoms with E-state index in [4.69, 9.17) is 1.37 Å². The zero-order chi connectivity index (χ0) is 30.1. The van der Waals surface area contributed by atoms with Gasteiger partial charge in [-0.3, -0.25) is 0 Å². The molecule has 9 aromatic rings. The second-order valence-corrected chi connectivity index (χ2v) is 12.8. The monoisotopic (exact) mass is 577 g/mol. The number of hydrogen-bond donors (Lipinski definition) is 0. The predicted octanol–water partition coefficient (Wildman–Crippen LogP) is 12.8. The Balaban J connectivity index is 1.26. The van der Waals surface area contributed by atoms with Gasteiger partial charge in [-0.05, 0) is 109 Å². The molecule has 0 bridgehead atoms. The summed E-state index contributed by atoms with van der Waals surface area (Å²) in [6.45, 7) is 2.16. The van der Waals surface area contributed by atoms with Crippen molar-refractivity contribution in [1.29, 1.82) is 0 Å². The van der Waals surface area contributed by atoms with Crippen LogP contribution in [0.4, 0.5) is 0 Å². The van der Waals surface area contributed by atoms with E-state index < -0.39 is 0 Å². The van der Waals surface area contributed by atoms with Crippen molar-refractivity contribution < 1.29 is 1.37 Å². The van der Waals surface area contributed by atoms with E-state index in [1.54, 1.807) is 0 Å². The topological polar surface area (TPSA) is 0 Å². The Morgan fingerprint density at radius 2 is 1.07 bits per heavy atom. The zero-order valence-electron chi connectivity index (χ0n) is 25.3. The predicted molar refractivity (Wildman–Crippen MR) is 193 cm³/mol. The zero-order valence-corrected chi connectivity index (χ0v) is 25.1. The van der Waals surface area contributed by atoms with Gasteiger partial charge in [0.1, 0.15) is 0 Å². The average molecular weight is 578 g/mol. The Labute approximate surface area is 261 Å². The molecule has 0 fully saturated rings. The normalized spacial score (nSPS) is 12.1. The third-order valence-electron chi connectivity index (χ3n) is 9.02. The van der Waals surface area contributed by atoms with E-state index >= 15 is 0 Å². The van der Waals surface area contributed by atoms with Gasteiger partial charge in [-0.25, -0.2) is 0 Å². The Morgan fingerprint density at radius 3 is 1.82 bits per heavy atom. The van der Waals surface area contributed by atoms with Crippen LogP contribution in [0, 0.1) is 6.92 Å². The van der Waals surface area contributed by atoms with E-state index in [0.29, 0.717) is 6.04 Å². The summed E-state index contributed by atoms with van der Waals surface area (Å²) in [5, 5.41) is 9.90. The highest BCUT2D eigenvalue weighted by Crippen LogP contribution is 2.45. The van der Waals surface area contributed by atoms with Crippen molar-refractivity contribution >= 4 is 63.8 Å². The molecule has 0 spiro atoms. The van der Waals surface area contributed by atoms with Gasteiger partial charge >= 0.3 is 0 Å². The molecule has 9 rings (SSSR count). The lowest BCUT2D eigenvalue weighted by atomic mass is 9.85. The summed E-state index contributed by atoms with van der Waals surface area (Å²) in [7, 11) is 0. The van der Waals surface area contributed by atoms with Gasteiger partial charge in [-0.1, -0.05) is 121 Å². The van der Waals surface area contributed by atoms with Crippen molar-refractivity contribution in [2.45, 2.75) is 6.92 Å². The van der Waals surface area contributed by atoms with Gasteiger partial charge in [0, 0.05) is 20.2 Å². The lowest BCUT2D eigenvalue weighted by Gasteiger charge is -2.18. The van der Waals surface area contributed by atoms with E-state index in [0.717, 1.165) is 10.8 Å². The smallest absolute Gasteiger partial charge is 0.0623 e. The highest BCUT2D eigenvalue weighted by atomic mass is 32.1. The van der Waals surface area contributed by atoms with Crippen LogP contribution < -0.4 is 0 Å². The van der Waals surface area contributed by atoms with Crippen LogP contribution in [-0.2, 0) is 0 Å². The first-order valence-electron chi connectivity index (χ1n) is 15.6. The lowest BCUT2D eigenvalue weighted by molar-refractivity contribution is 1.52. The molecule has 0 aliphatic heterocycles. The Hall–Kier alpha value is -5.24. The van der Waals surface area contributed by atoms with Gasteiger partial charge in [0.15, 0.2) is 0 Å². The molecule has 0 saturated heterocycles. The molecule has 0 amide bonds. The minimum atomic E-state index is 0.538. The number of rotatable bonds is 3. The summed E-state index contributed by atoms with van der Waals surface area (Å²) in [4.78, 5) is 0. The van der Waals surface area contributed by atoms with Gasteiger partial charge in [-0.2, -0.15) is 0 Å². The fourth-order valence-electron chi connectivity index (χ4n) is 6.95. The molecule has 0 N–H and O–H groups in total. The highest BCUT2D eigenvalue weighted by molar-refractivity contribution is 7.25. The first kappa shape index (κ1) is 24.2. The standard InChI is InChI=1S/C43H28S/c1-27-17-21-34-39-26-31(20-22-40(39)44-41(34)23-27)30-11-8-12-32(25-30)42-35-13-4-6-15-37(35)43(38-16-7-5-14-36(38)42)33-19-18-28-9-2-3-10-29(28)24-33/h2-26H,1H3/i2D. The molecule has 0 nitrogen and oxygen atoms in total. The van der Waals surface area contributed by atoms with Crippen molar-refractivity contribution in [3.8, 4) is 33.4 Å². The molecule has 1 heterocycles. The molecule has 0 atom stereocenters. The van der Waals surface area contributed by atoms with Gasteiger partial charge in [0.05, 0.1) is 1.37 Å². The first-order valence-corrected chi connectivity index (χ1v) is 15.9. The molecule has 0 aliphatic carbocycles. The van der Waals surface area contributed by atoms with Crippen LogP contribution in [-0.4, -0.2) is 0 Å². The number of thiophene rings is 1. The second-order valence-electron chi connectivity index (χ2n) is 11.7. The lowest BCUT2D eigenvalue weighted by Crippen LogP contribution is -1.91. The maximum absolute atomic E-state index is 8.05. The molecule has 44 heavy (non-hydrogen) atoms. The van der Waals surface area contributed by atoms with Gasteiger partial charge in [0.2, 0.25) is 0 Å². The summed E-state index contributed by atoms with van der Waals surface area (Å²) in [5.41, 5.74) is 8.70. The molecule has 0 saturated carbocycles. The molecular weight excluding hydrogens is 549 g/mol. The third-order valence-corrected chi connectivity index (χ3v) is 10.1. The van der Waals surface area contributed by atoms with Crippen LogP contribution in [0.2, 0.25) is 0 Å². The van der Waals surface area contributed by atoms with Crippen molar-refractivity contribution in [1.82, 2.24) is 0 Å². The number of hydrogen-bond acceptors (Lipinski definition) is 1. The third kappa shape index (κ3) is 3.97. The van der Waals surface area contributed by atoms with Crippen molar-refractivity contribution in [3.05, 3.63) is 157 Å². The maximum Gasteiger partial charge on any atom is 0.0623 e. The SMILES string of the molecule is [2H]c1ccc2cc(-c3c4ccccc4c(-c4cccc(-c5ccc6sc7cc(C)ccc7c6c5)c4)c4ccccc34)ccc2c1. The Bertz CT molecular complexity index is 2570. The van der Waals surface area contributed by atoms with Crippen molar-refractivity contribution in [3.63, 3.8) is 0 Å². The van der Waals surface area contributed by atoms with Crippen molar-refractivity contribution in [2.24, 2.45) is 0 Å². The van der Waals surface area contributed by atoms with E-state index in [1.807, 2.05) is 23.5 Å². The molecule has 8 aromatic carbocycles. The summed E-state index contributed by atoms with van der Waals surface area (Å²) in [6.07, 6.45) is 0. The summed E-state index contributed by atoms with van der Waals surface area (Å²) in [6, 6.07) is 53.5. The van der Waals surface area contributed by atoms with Gasteiger partial charge in [-0.15, -0.1) is 11.3 Å². The fourth-order valence-corrected chi connectivity index (χ4v) is 8.14. The average Bonchev–Trinajstić information content (AvgIpc) is 3.43. The quantitative estimate of drug-likeness (QED) is 0.183. The maximum atomic E-state index is 8.05. The fraction of sp³-hybridized carbons (Fsp3) is 0.0233. The van der Waals surface area contributed by atoms with Crippen LogP contribution in [0.15, 0.2) is 152 Å². The summed E-state index contributed by atoms with van der Waals surface area (Å²) >= 11 is 1.87. The van der Waals surface area contributed by atoms with E-state index in [-0.39, 0.29) is 0 Å². The molecule has 206 valence electrons. The number of benzene rings is 8. The Kier molecular flexibility index (Phi) is 5.46. The Morgan fingerprint density at radius 1 is 0.409 bits per heavy atom. The van der Waals surface area contributed by atoms with E-state index in [9.17, 15) is 0 Å². The van der Waals surface area contributed by atoms with Gasteiger partial charge < -0.3 is 0 Å². The molecule has 0 radical (unpaired) electrons. The van der Waals surface area contributed by atoms with Crippen LogP contribution in [0.5, 0.6) is 0 Å². The number of aryl methyl sites for hydroxylation is 1. The van der Waals surface area contributed by atoms with Crippen LogP contribution in [0.1, 0.15) is 6.93 Å². The molecular formula is C43H28S.